The van der Waals surface area contributed by atoms with E-state index in [1.165, 1.54) is 16.8 Å². The van der Waals surface area contributed by atoms with Crippen molar-refractivity contribution in [3.8, 4) is 0 Å². The summed E-state index contributed by atoms with van der Waals surface area (Å²) in [6.45, 7) is 1.94. The Morgan fingerprint density at radius 3 is 2.62 bits per heavy atom. The number of allylic oxidation sites excluding steroid dienone is 2. The third kappa shape index (κ3) is 5.86. The number of rotatable bonds is 6. The smallest absolute Gasteiger partial charge is 0.311 e. The fourth-order valence-electron chi connectivity index (χ4n) is 5.03. The number of hydrogen-bond acceptors (Lipinski definition) is 6. The Morgan fingerprint density at radius 1 is 1.00 bits per heavy atom. The van der Waals surface area contributed by atoms with Crippen LogP contribution in [0.5, 0.6) is 0 Å². The molecule has 2 heterocycles. The van der Waals surface area contributed by atoms with Crippen molar-refractivity contribution in [2.24, 2.45) is 5.10 Å². The van der Waals surface area contributed by atoms with E-state index in [1.807, 2.05) is 90.7 Å². The summed E-state index contributed by atoms with van der Waals surface area (Å²) in [7, 11) is 0. The molecule has 6 rings (SSSR count). The van der Waals surface area contributed by atoms with Crippen LogP contribution in [0.3, 0.4) is 0 Å². The highest BCUT2D eigenvalue weighted by molar-refractivity contribution is 8.00. The molecule has 8 nitrogen and oxygen atoms in total. The van der Waals surface area contributed by atoms with Crippen LogP contribution in [0.4, 0.5) is 21.9 Å². The van der Waals surface area contributed by atoms with Gasteiger partial charge in [0.1, 0.15) is 5.84 Å². The highest BCUT2D eigenvalue weighted by Gasteiger charge is 2.36. The molecule has 3 aromatic rings. The van der Waals surface area contributed by atoms with Gasteiger partial charge >= 0.3 is 6.03 Å². The molecule has 3 aromatic carbocycles. The van der Waals surface area contributed by atoms with Crippen LogP contribution in [0.1, 0.15) is 19.8 Å². The first-order chi connectivity index (χ1) is 20.5. The van der Waals surface area contributed by atoms with Crippen LogP contribution < -0.4 is 20.5 Å². The number of benzene rings is 3. The summed E-state index contributed by atoms with van der Waals surface area (Å²) in [6.07, 6.45) is 8.80. The Kier molecular flexibility index (Phi) is 8.16. The number of thioether (sulfide) groups is 2. The number of hydrazone groups is 1. The number of nitrogens with one attached hydrogen (secondary N) is 2. The van der Waals surface area contributed by atoms with E-state index in [0.29, 0.717) is 23.6 Å². The van der Waals surface area contributed by atoms with Gasteiger partial charge in [-0.2, -0.15) is 10.1 Å². The van der Waals surface area contributed by atoms with E-state index >= 15 is 0 Å². The van der Waals surface area contributed by atoms with E-state index in [2.05, 4.69) is 27.9 Å². The molecule has 42 heavy (non-hydrogen) atoms. The van der Waals surface area contributed by atoms with Gasteiger partial charge in [-0.25, -0.2) is 4.79 Å². The summed E-state index contributed by atoms with van der Waals surface area (Å²) in [6, 6.07) is 24.3. The first-order valence-corrected chi connectivity index (χ1v) is 15.5. The maximum absolute atomic E-state index is 13.7. The summed E-state index contributed by atoms with van der Waals surface area (Å²) in [4.78, 5) is 43.1. The van der Waals surface area contributed by atoms with Crippen LogP contribution in [0.15, 0.2) is 118 Å². The van der Waals surface area contributed by atoms with Crippen LogP contribution >= 0.6 is 23.5 Å². The highest BCUT2D eigenvalue weighted by atomic mass is 32.2. The standard InChI is InChI=1S/C32H29N5O3S2/c1-2-26(31(39)34-29-20-30(38)37(35-29)22-12-4-3-5-13-22)41-23-14-10-11-21(19-23)33-32(40)36-24-15-6-8-17-27(24)42-28-18-9-7-16-25(28)36/h3-19,24,26-27H,2,20H2,1H3,(H,33,40)(H,34,35,39). The van der Waals surface area contributed by atoms with E-state index in [0.717, 1.165) is 15.5 Å². The molecule has 1 aliphatic carbocycles. The summed E-state index contributed by atoms with van der Waals surface area (Å²) in [5, 5.41) is 11.3. The maximum atomic E-state index is 13.7. The van der Waals surface area contributed by atoms with Gasteiger partial charge in [-0.05, 0) is 48.9 Å². The van der Waals surface area contributed by atoms with E-state index in [9.17, 15) is 14.4 Å². The number of amidine groups is 1. The van der Waals surface area contributed by atoms with Crippen molar-refractivity contribution >= 4 is 64.3 Å². The molecule has 3 unspecified atom stereocenters. The first-order valence-electron chi connectivity index (χ1n) is 13.7. The van der Waals surface area contributed by atoms with Gasteiger partial charge in [-0.1, -0.05) is 67.6 Å². The second-order valence-corrected chi connectivity index (χ2v) is 12.4. The third-order valence-corrected chi connectivity index (χ3v) is 9.70. The lowest BCUT2D eigenvalue weighted by Crippen LogP contribution is -2.49. The number of nitrogens with zero attached hydrogens (tertiary/aromatic N) is 3. The molecule has 0 spiro atoms. The molecule has 2 aliphatic heterocycles. The number of amides is 4. The molecule has 0 radical (unpaired) electrons. The Labute approximate surface area is 252 Å². The minimum absolute atomic E-state index is 0.0359. The third-order valence-electron chi connectivity index (χ3n) is 7.03. The van der Waals surface area contributed by atoms with Gasteiger partial charge in [0.15, 0.2) is 0 Å². The zero-order chi connectivity index (χ0) is 29.1. The summed E-state index contributed by atoms with van der Waals surface area (Å²) in [5.74, 6) is -0.0792. The molecule has 3 atom stereocenters. The largest absolute Gasteiger partial charge is 0.326 e. The van der Waals surface area contributed by atoms with Crippen molar-refractivity contribution in [2.75, 3.05) is 15.2 Å². The number of carbonyl (C=O) groups excluding carboxylic acids is 3. The Balaban J connectivity index is 1.13. The SMILES string of the molecule is CCC(Sc1cccc(NC(=O)N2c3ccccc3SC3C=CC=CC32)c1)C(=O)NC1=NN(c2ccccc2)C(=O)C1. The van der Waals surface area contributed by atoms with Gasteiger partial charge in [0.25, 0.3) is 5.91 Å². The Morgan fingerprint density at radius 2 is 1.79 bits per heavy atom. The number of urea groups is 1. The van der Waals surface area contributed by atoms with E-state index < -0.39 is 5.25 Å². The quantitative estimate of drug-likeness (QED) is 0.320. The first kappa shape index (κ1) is 27.9. The van der Waals surface area contributed by atoms with Crippen molar-refractivity contribution in [1.29, 1.82) is 0 Å². The zero-order valence-electron chi connectivity index (χ0n) is 22.8. The van der Waals surface area contributed by atoms with Gasteiger partial charge in [0.05, 0.1) is 34.3 Å². The van der Waals surface area contributed by atoms with Crippen molar-refractivity contribution in [3.05, 3.63) is 103 Å². The van der Waals surface area contributed by atoms with E-state index in [-0.39, 0.29) is 35.6 Å². The number of carbonyl (C=O) groups is 3. The minimum Gasteiger partial charge on any atom is -0.311 e. The van der Waals surface area contributed by atoms with Crippen molar-refractivity contribution in [1.82, 2.24) is 5.32 Å². The second kappa shape index (κ2) is 12.3. The minimum atomic E-state index is -0.412. The van der Waals surface area contributed by atoms with Gasteiger partial charge in [0, 0.05) is 15.5 Å². The van der Waals surface area contributed by atoms with E-state index in [1.54, 1.807) is 23.9 Å². The topological polar surface area (TPSA) is 94.1 Å². The molecule has 0 bridgehead atoms. The van der Waals surface area contributed by atoms with E-state index in [4.69, 9.17) is 0 Å². The summed E-state index contributed by atoms with van der Waals surface area (Å²) >= 11 is 3.17. The molecule has 0 aromatic heterocycles. The van der Waals surface area contributed by atoms with Crippen LogP contribution in [0, 0.1) is 0 Å². The van der Waals surface area contributed by atoms with Gasteiger partial charge in [-0.3, -0.25) is 14.5 Å². The lowest BCUT2D eigenvalue weighted by molar-refractivity contribution is -0.119. The number of para-hydroxylation sites is 2. The van der Waals surface area contributed by atoms with Crippen LogP contribution in [0.25, 0.3) is 0 Å². The fraction of sp³-hybridized carbons (Fsp3) is 0.188. The molecule has 0 fully saturated rings. The molecule has 212 valence electrons. The summed E-state index contributed by atoms with van der Waals surface area (Å²) in [5.41, 5.74) is 2.19. The molecule has 0 saturated heterocycles. The number of hydrogen-bond donors (Lipinski definition) is 2. The van der Waals surface area contributed by atoms with Crippen LogP contribution in [-0.2, 0) is 9.59 Å². The van der Waals surface area contributed by atoms with Crippen molar-refractivity contribution in [3.63, 3.8) is 0 Å². The molecule has 4 amide bonds. The highest BCUT2D eigenvalue weighted by Crippen LogP contribution is 2.43. The zero-order valence-corrected chi connectivity index (χ0v) is 24.5. The lowest BCUT2D eigenvalue weighted by Gasteiger charge is -2.40. The number of fused-ring (bicyclic) bond motifs is 2. The molecular weight excluding hydrogens is 567 g/mol. The van der Waals surface area contributed by atoms with Gasteiger partial charge in [0.2, 0.25) is 5.91 Å². The summed E-state index contributed by atoms with van der Waals surface area (Å²) < 4.78 is 0. The number of anilines is 3. The fourth-order valence-corrected chi connectivity index (χ4v) is 7.31. The average Bonchev–Trinajstić information content (AvgIpc) is 3.38. The van der Waals surface area contributed by atoms with Crippen LogP contribution in [-0.4, -0.2) is 40.2 Å². The lowest BCUT2D eigenvalue weighted by atomic mass is 10.1. The normalized spacial score (nSPS) is 19.5. The Hall–Kier alpha value is -4.28. The van der Waals surface area contributed by atoms with Crippen LogP contribution in [0.2, 0.25) is 0 Å². The molecule has 3 aliphatic rings. The Bertz CT molecular complexity index is 1610. The van der Waals surface area contributed by atoms with Crippen molar-refractivity contribution in [2.45, 2.75) is 46.1 Å². The molecular formula is C32H29N5O3S2. The van der Waals surface area contributed by atoms with Gasteiger partial charge < -0.3 is 10.6 Å². The van der Waals surface area contributed by atoms with Crippen molar-refractivity contribution < 1.29 is 14.4 Å². The average molecular weight is 596 g/mol. The monoisotopic (exact) mass is 595 g/mol. The predicted molar refractivity (Wildman–Crippen MR) is 170 cm³/mol. The predicted octanol–water partition coefficient (Wildman–Crippen LogP) is 6.43. The molecule has 2 N–H and O–H groups in total. The maximum Gasteiger partial charge on any atom is 0.326 e. The molecule has 10 heteroatoms. The second-order valence-electron chi connectivity index (χ2n) is 9.91. The molecule has 0 saturated carbocycles. The van der Waals surface area contributed by atoms with Gasteiger partial charge in [-0.15, -0.1) is 23.5 Å².